The number of rotatable bonds is 5. The molecule has 1 unspecified atom stereocenters. The summed E-state index contributed by atoms with van der Waals surface area (Å²) in [5.74, 6) is -0.790. The molecule has 2 amide bonds. The predicted octanol–water partition coefficient (Wildman–Crippen LogP) is -1.09. The number of carbonyl (C=O) groups is 2. The number of hydrogen-bond donors (Lipinski definition) is 3. The molecule has 0 aromatic heterocycles. The third-order valence-corrected chi connectivity index (χ3v) is 2.78. The first-order chi connectivity index (χ1) is 7.10. The molecule has 6 heteroatoms. The van der Waals surface area contributed by atoms with E-state index >= 15 is 0 Å². The Morgan fingerprint density at radius 2 is 2.33 bits per heavy atom. The monoisotopic (exact) mass is 215 g/mol. The van der Waals surface area contributed by atoms with Crippen LogP contribution in [-0.2, 0) is 14.4 Å². The molecule has 0 saturated carbocycles. The fraction of sp³-hybridized carbons (Fsp3) is 0.778. The Morgan fingerprint density at radius 3 is 2.80 bits per heavy atom. The van der Waals surface area contributed by atoms with E-state index in [0.29, 0.717) is 6.54 Å². The van der Waals surface area contributed by atoms with Crippen LogP contribution in [0.15, 0.2) is 0 Å². The summed E-state index contributed by atoms with van der Waals surface area (Å²) in [6.45, 7) is 3.14. The van der Waals surface area contributed by atoms with Crippen LogP contribution in [0.3, 0.4) is 0 Å². The summed E-state index contributed by atoms with van der Waals surface area (Å²) < 4.78 is 0. The number of amides is 2. The molecule has 1 aliphatic heterocycles. The van der Waals surface area contributed by atoms with E-state index in [9.17, 15) is 9.59 Å². The zero-order valence-corrected chi connectivity index (χ0v) is 8.84. The van der Waals surface area contributed by atoms with E-state index < -0.39 is 11.3 Å². The molecule has 15 heavy (non-hydrogen) atoms. The molecule has 1 aliphatic rings. The fourth-order valence-electron chi connectivity index (χ4n) is 1.68. The van der Waals surface area contributed by atoms with Crippen molar-refractivity contribution in [2.24, 2.45) is 11.1 Å². The van der Waals surface area contributed by atoms with Gasteiger partial charge in [-0.2, -0.15) is 0 Å². The van der Waals surface area contributed by atoms with E-state index in [1.54, 1.807) is 0 Å². The normalized spacial score (nSPS) is 25.1. The highest BCUT2D eigenvalue weighted by molar-refractivity contribution is 5.82. The van der Waals surface area contributed by atoms with Gasteiger partial charge in [-0.15, -0.1) is 0 Å². The van der Waals surface area contributed by atoms with Gasteiger partial charge < -0.3 is 11.1 Å². The van der Waals surface area contributed by atoms with Gasteiger partial charge in [-0.25, -0.2) is 5.48 Å². The minimum Gasteiger partial charge on any atom is -0.368 e. The molecule has 0 aromatic rings. The van der Waals surface area contributed by atoms with Crippen molar-refractivity contribution in [1.82, 2.24) is 10.8 Å². The van der Waals surface area contributed by atoms with Gasteiger partial charge in [-0.05, 0) is 19.4 Å². The molecule has 6 nitrogen and oxygen atoms in total. The van der Waals surface area contributed by atoms with Crippen LogP contribution in [0.4, 0.5) is 0 Å². The molecule has 0 bridgehead atoms. The highest BCUT2D eigenvalue weighted by Gasteiger charge is 2.39. The first-order valence-corrected chi connectivity index (χ1v) is 5.02. The zero-order valence-electron chi connectivity index (χ0n) is 8.84. The summed E-state index contributed by atoms with van der Waals surface area (Å²) in [5, 5.41) is 3.14. The van der Waals surface area contributed by atoms with Crippen LogP contribution in [0.1, 0.15) is 19.8 Å². The molecule has 1 heterocycles. The Hall–Kier alpha value is -1.14. The second kappa shape index (κ2) is 5.09. The molecule has 0 spiro atoms. The number of carbonyl (C=O) groups excluding carboxylic acids is 2. The van der Waals surface area contributed by atoms with Gasteiger partial charge in [0.1, 0.15) is 0 Å². The van der Waals surface area contributed by atoms with Crippen LogP contribution in [-0.4, -0.2) is 31.5 Å². The van der Waals surface area contributed by atoms with E-state index in [1.165, 1.54) is 0 Å². The lowest BCUT2D eigenvalue weighted by atomic mass is 9.84. The number of nitrogens with two attached hydrogens (primary N) is 1. The molecular weight excluding hydrogens is 198 g/mol. The van der Waals surface area contributed by atoms with Crippen LogP contribution in [0.25, 0.3) is 0 Å². The van der Waals surface area contributed by atoms with Crippen molar-refractivity contribution in [3.63, 3.8) is 0 Å². The van der Waals surface area contributed by atoms with Gasteiger partial charge in [0, 0.05) is 6.54 Å². The Bertz CT molecular complexity index is 249. The number of primary amides is 1. The smallest absolute Gasteiger partial charge is 0.251 e. The van der Waals surface area contributed by atoms with Gasteiger partial charge in [0.2, 0.25) is 5.91 Å². The van der Waals surface area contributed by atoms with Crippen LogP contribution in [0, 0.1) is 5.41 Å². The van der Waals surface area contributed by atoms with Crippen molar-refractivity contribution in [3.8, 4) is 0 Å². The van der Waals surface area contributed by atoms with Crippen molar-refractivity contribution in [2.45, 2.75) is 19.8 Å². The average Bonchev–Trinajstić information content (AvgIpc) is 2.66. The Morgan fingerprint density at radius 1 is 1.60 bits per heavy atom. The second-order valence-corrected chi connectivity index (χ2v) is 3.75. The highest BCUT2D eigenvalue weighted by atomic mass is 16.7. The van der Waals surface area contributed by atoms with E-state index in [4.69, 9.17) is 10.6 Å². The van der Waals surface area contributed by atoms with Gasteiger partial charge in [0.25, 0.3) is 5.91 Å². The quantitative estimate of drug-likeness (QED) is 0.508. The fourth-order valence-corrected chi connectivity index (χ4v) is 1.68. The molecule has 86 valence electrons. The number of nitrogens with one attached hydrogen (secondary N) is 2. The summed E-state index contributed by atoms with van der Waals surface area (Å²) in [7, 11) is 0. The topological polar surface area (TPSA) is 93.4 Å². The molecular formula is C9H17N3O3. The summed E-state index contributed by atoms with van der Waals surface area (Å²) >= 11 is 0. The lowest BCUT2D eigenvalue weighted by molar-refractivity contribution is -0.146. The van der Waals surface area contributed by atoms with Gasteiger partial charge in [-0.3, -0.25) is 14.4 Å². The molecule has 4 N–H and O–H groups in total. The van der Waals surface area contributed by atoms with Crippen LogP contribution in [0.2, 0.25) is 0 Å². The molecule has 0 aromatic carbocycles. The Kier molecular flexibility index (Phi) is 4.05. The maximum absolute atomic E-state index is 11.8. The highest BCUT2D eigenvalue weighted by Crippen LogP contribution is 2.29. The zero-order chi connectivity index (χ0) is 11.3. The summed E-state index contributed by atoms with van der Waals surface area (Å²) in [4.78, 5) is 26.8. The van der Waals surface area contributed by atoms with E-state index in [-0.39, 0.29) is 12.5 Å². The van der Waals surface area contributed by atoms with Crippen molar-refractivity contribution in [3.05, 3.63) is 0 Å². The second-order valence-electron chi connectivity index (χ2n) is 3.75. The minimum absolute atomic E-state index is 0.184. The third-order valence-electron chi connectivity index (χ3n) is 2.78. The third kappa shape index (κ3) is 2.90. The van der Waals surface area contributed by atoms with Crippen molar-refractivity contribution in [2.75, 3.05) is 19.7 Å². The lowest BCUT2D eigenvalue weighted by Crippen LogP contribution is -2.43. The Balaban J connectivity index is 2.40. The van der Waals surface area contributed by atoms with Crippen molar-refractivity contribution >= 4 is 11.8 Å². The summed E-state index contributed by atoms with van der Waals surface area (Å²) in [5.41, 5.74) is 6.73. The van der Waals surface area contributed by atoms with Crippen LogP contribution >= 0.6 is 0 Å². The molecule has 1 fully saturated rings. The first kappa shape index (κ1) is 11.9. The summed E-state index contributed by atoms with van der Waals surface area (Å²) in [6.07, 6.45) is 1.53. The van der Waals surface area contributed by atoms with E-state index in [0.717, 1.165) is 19.4 Å². The number of hydrogen-bond acceptors (Lipinski definition) is 4. The maximum Gasteiger partial charge on any atom is 0.251 e. The molecule has 0 radical (unpaired) electrons. The first-order valence-electron chi connectivity index (χ1n) is 5.02. The van der Waals surface area contributed by atoms with Crippen molar-refractivity contribution < 1.29 is 14.4 Å². The lowest BCUT2D eigenvalue weighted by Gasteiger charge is -2.24. The van der Waals surface area contributed by atoms with Gasteiger partial charge in [0.15, 0.2) is 6.61 Å². The standard InChI is InChI=1S/C9H17N3O3/c1-2-9(3-4-11-6-9)8(14)12-15-5-7(10)13/h11H,2-6H2,1H3,(H2,10,13)(H,12,14). The SMILES string of the molecule is CCC1(C(=O)NOCC(N)=O)CCNC1. The van der Waals surface area contributed by atoms with Crippen LogP contribution in [0.5, 0.6) is 0 Å². The van der Waals surface area contributed by atoms with E-state index in [1.807, 2.05) is 6.92 Å². The average molecular weight is 215 g/mol. The predicted molar refractivity (Wildman–Crippen MR) is 53.5 cm³/mol. The minimum atomic E-state index is -0.606. The maximum atomic E-state index is 11.8. The molecule has 1 rings (SSSR count). The van der Waals surface area contributed by atoms with E-state index in [2.05, 4.69) is 10.8 Å². The van der Waals surface area contributed by atoms with Gasteiger partial charge in [0.05, 0.1) is 5.41 Å². The Labute approximate surface area is 88.5 Å². The number of hydroxylamine groups is 1. The summed E-state index contributed by atoms with van der Waals surface area (Å²) in [6, 6.07) is 0. The molecule has 1 atom stereocenters. The molecule has 0 aliphatic carbocycles. The largest absolute Gasteiger partial charge is 0.368 e. The van der Waals surface area contributed by atoms with Gasteiger partial charge in [-0.1, -0.05) is 6.92 Å². The van der Waals surface area contributed by atoms with Crippen LogP contribution < -0.4 is 16.5 Å². The van der Waals surface area contributed by atoms with Crippen molar-refractivity contribution in [1.29, 1.82) is 0 Å². The van der Waals surface area contributed by atoms with Gasteiger partial charge >= 0.3 is 0 Å². The molecule has 1 saturated heterocycles.